The molecule has 5 heteroatoms. The minimum atomic E-state index is -1.01. The van der Waals surface area contributed by atoms with E-state index in [1.54, 1.807) is 24.3 Å². The van der Waals surface area contributed by atoms with Crippen LogP contribution in [0.4, 0.5) is 4.39 Å². The molecule has 3 aromatic rings. The first-order valence-corrected chi connectivity index (χ1v) is 10.3. The standard InChI is InChI=1S/C27H21FN2O2/c28-23-13-11-22(12-14-23)27(32)25(15-19(17-29)18-30)24(20-7-3-1-4-8-20)16-26(31)21-9-5-2-6-10-21/h1-14,19,24-25H,15-16H2. The molecule has 3 aromatic carbocycles. The topological polar surface area (TPSA) is 81.7 Å². The number of halogens is 1. The van der Waals surface area contributed by atoms with Crippen LogP contribution in [0.2, 0.25) is 0 Å². The van der Waals surface area contributed by atoms with Crippen LogP contribution in [0, 0.1) is 40.3 Å². The van der Waals surface area contributed by atoms with Gasteiger partial charge < -0.3 is 0 Å². The number of carbonyl (C=O) groups excluding carboxylic acids is 2. The van der Waals surface area contributed by atoms with Crippen molar-refractivity contribution in [3.63, 3.8) is 0 Å². The van der Waals surface area contributed by atoms with E-state index in [9.17, 15) is 24.5 Å². The average molecular weight is 424 g/mol. The second-order valence-corrected chi connectivity index (χ2v) is 7.53. The Bertz CT molecular complexity index is 1130. The Morgan fingerprint density at radius 1 is 0.781 bits per heavy atom. The molecule has 4 nitrogen and oxygen atoms in total. The molecule has 32 heavy (non-hydrogen) atoms. The van der Waals surface area contributed by atoms with Gasteiger partial charge in [0.05, 0.1) is 12.1 Å². The van der Waals surface area contributed by atoms with Crippen molar-refractivity contribution < 1.29 is 14.0 Å². The quantitative estimate of drug-likeness (QED) is 0.411. The predicted octanol–water partition coefficient (Wildman–Crippen LogP) is 5.73. The molecule has 0 aliphatic carbocycles. The van der Waals surface area contributed by atoms with Crippen molar-refractivity contribution in [3.8, 4) is 12.1 Å². The zero-order valence-electron chi connectivity index (χ0n) is 17.3. The summed E-state index contributed by atoms with van der Waals surface area (Å²) in [5.41, 5.74) is 1.57. The molecule has 0 heterocycles. The van der Waals surface area contributed by atoms with Crippen molar-refractivity contribution in [3.05, 3.63) is 107 Å². The third-order valence-corrected chi connectivity index (χ3v) is 5.48. The first kappa shape index (κ1) is 22.6. The van der Waals surface area contributed by atoms with Crippen molar-refractivity contribution in [2.24, 2.45) is 11.8 Å². The summed E-state index contributed by atoms with van der Waals surface area (Å²) in [6.45, 7) is 0. The van der Waals surface area contributed by atoms with Gasteiger partial charge in [-0.3, -0.25) is 9.59 Å². The number of Topliss-reactive ketones (excluding diaryl/α,β-unsaturated/α-hetero) is 2. The summed E-state index contributed by atoms with van der Waals surface area (Å²) < 4.78 is 13.4. The Morgan fingerprint density at radius 2 is 1.34 bits per heavy atom. The molecule has 3 rings (SSSR count). The summed E-state index contributed by atoms with van der Waals surface area (Å²) in [7, 11) is 0. The van der Waals surface area contributed by atoms with Gasteiger partial charge in [-0.1, -0.05) is 60.7 Å². The summed E-state index contributed by atoms with van der Waals surface area (Å²) in [6, 6.07) is 27.0. The number of rotatable bonds is 9. The Labute approximate surface area is 186 Å². The van der Waals surface area contributed by atoms with E-state index in [4.69, 9.17) is 0 Å². The first-order chi connectivity index (χ1) is 15.5. The number of ketones is 2. The van der Waals surface area contributed by atoms with Crippen LogP contribution in [0.25, 0.3) is 0 Å². The molecule has 2 unspecified atom stereocenters. The number of benzene rings is 3. The van der Waals surface area contributed by atoms with Crippen molar-refractivity contribution in [1.82, 2.24) is 0 Å². The Morgan fingerprint density at radius 3 is 1.91 bits per heavy atom. The summed E-state index contributed by atoms with van der Waals surface area (Å²) in [4.78, 5) is 26.6. The molecule has 0 N–H and O–H groups in total. The summed E-state index contributed by atoms with van der Waals surface area (Å²) in [5, 5.41) is 18.8. The van der Waals surface area contributed by atoms with E-state index in [1.165, 1.54) is 24.3 Å². The lowest BCUT2D eigenvalue weighted by Gasteiger charge is -2.27. The van der Waals surface area contributed by atoms with E-state index in [0.717, 1.165) is 5.56 Å². The summed E-state index contributed by atoms with van der Waals surface area (Å²) >= 11 is 0. The lowest BCUT2D eigenvalue weighted by Crippen LogP contribution is -2.27. The summed E-state index contributed by atoms with van der Waals surface area (Å²) in [6.07, 6.45) is 0.0139. The SMILES string of the molecule is N#CC(C#N)CC(C(=O)c1ccc(F)cc1)C(CC(=O)c1ccccc1)c1ccccc1. The highest BCUT2D eigenvalue weighted by Gasteiger charge is 2.34. The molecule has 0 saturated heterocycles. The molecule has 0 aliphatic heterocycles. The highest BCUT2D eigenvalue weighted by molar-refractivity contribution is 6.00. The van der Waals surface area contributed by atoms with Crippen molar-refractivity contribution in [2.75, 3.05) is 0 Å². The van der Waals surface area contributed by atoms with E-state index in [0.29, 0.717) is 5.56 Å². The van der Waals surface area contributed by atoms with E-state index in [1.807, 2.05) is 48.5 Å². The van der Waals surface area contributed by atoms with Gasteiger partial charge in [-0.25, -0.2) is 4.39 Å². The van der Waals surface area contributed by atoms with Crippen LogP contribution in [-0.4, -0.2) is 11.6 Å². The average Bonchev–Trinajstić information content (AvgIpc) is 2.85. The van der Waals surface area contributed by atoms with Crippen LogP contribution in [0.3, 0.4) is 0 Å². The number of carbonyl (C=O) groups is 2. The number of nitrogens with zero attached hydrogens (tertiary/aromatic N) is 2. The Kier molecular flexibility index (Phi) is 7.62. The highest BCUT2D eigenvalue weighted by Crippen LogP contribution is 2.36. The third kappa shape index (κ3) is 5.53. The monoisotopic (exact) mass is 424 g/mol. The Hall–Kier alpha value is -4.09. The van der Waals surface area contributed by atoms with Crippen LogP contribution >= 0.6 is 0 Å². The van der Waals surface area contributed by atoms with Gasteiger partial charge in [0.15, 0.2) is 11.6 Å². The number of nitriles is 2. The smallest absolute Gasteiger partial charge is 0.166 e. The second kappa shape index (κ2) is 10.8. The van der Waals surface area contributed by atoms with Crippen molar-refractivity contribution >= 4 is 11.6 Å². The Balaban J connectivity index is 2.04. The van der Waals surface area contributed by atoms with Crippen LogP contribution in [0.1, 0.15) is 45.0 Å². The molecule has 0 bridgehead atoms. The molecule has 0 spiro atoms. The largest absolute Gasteiger partial charge is 0.294 e. The predicted molar refractivity (Wildman–Crippen MR) is 118 cm³/mol. The molecular formula is C27H21FN2O2. The van der Waals surface area contributed by atoms with Gasteiger partial charge in [0, 0.05) is 29.4 Å². The van der Waals surface area contributed by atoms with Gasteiger partial charge in [0.2, 0.25) is 0 Å². The van der Waals surface area contributed by atoms with Crippen LogP contribution in [0.5, 0.6) is 0 Å². The lowest BCUT2D eigenvalue weighted by molar-refractivity contribution is 0.0864. The molecule has 0 aromatic heterocycles. The van der Waals surface area contributed by atoms with Crippen LogP contribution in [-0.2, 0) is 0 Å². The maximum atomic E-state index is 13.5. The van der Waals surface area contributed by atoms with Crippen molar-refractivity contribution in [2.45, 2.75) is 18.8 Å². The van der Waals surface area contributed by atoms with Gasteiger partial charge in [0.25, 0.3) is 0 Å². The van der Waals surface area contributed by atoms with E-state index < -0.39 is 23.6 Å². The van der Waals surface area contributed by atoms with E-state index in [-0.39, 0.29) is 30.0 Å². The maximum absolute atomic E-state index is 13.5. The third-order valence-electron chi connectivity index (χ3n) is 5.48. The minimum absolute atomic E-state index is 0.0230. The van der Waals surface area contributed by atoms with E-state index in [2.05, 4.69) is 0 Å². The van der Waals surface area contributed by atoms with Gasteiger partial charge >= 0.3 is 0 Å². The van der Waals surface area contributed by atoms with E-state index >= 15 is 0 Å². The fourth-order valence-electron chi connectivity index (χ4n) is 3.80. The minimum Gasteiger partial charge on any atom is -0.294 e. The maximum Gasteiger partial charge on any atom is 0.166 e. The molecule has 0 fully saturated rings. The van der Waals surface area contributed by atoms with Gasteiger partial charge in [0.1, 0.15) is 11.7 Å². The highest BCUT2D eigenvalue weighted by atomic mass is 19.1. The van der Waals surface area contributed by atoms with Crippen LogP contribution < -0.4 is 0 Å². The molecule has 0 radical (unpaired) electrons. The first-order valence-electron chi connectivity index (χ1n) is 10.3. The van der Waals surface area contributed by atoms with Crippen LogP contribution in [0.15, 0.2) is 84.9 Å². The number of hydrogen-bond donors (Lipinski definition) is 0. The van der Waals surface area contributed by atoms with Gasteiger partial charge in [-0.2, -0.15) is 10.5 Å². The zero-order chi connectivity index (χ0) is 22.9. The number of hydrogen-bond acceptors (Lipinski definition) is 4. The molecule has 0 amide bonds. The molecule has 0 aliphatic rings. The molecule has 0 saturated carbocycles. The molecule has 2 atom stereocenters. The molecular weight excluding hydrogens is 403 g/mol. The second-order valence-electron chi connectivity index (χ2n) is 7.53. The summed E-state index contributed by atoms with van der Waals surface area (Å²) in [5.74, 6) is -3.30. The van der Waals surface area contributed by atoms with Gasteiger partial charge in [-0.05, 0) is 36.2 Å². The zero-order valence-corrected chi connectivity index (χ0v) is 17.3. The lowest BCUT2D eigenvalue weighted by atomic mass is 9.74. The van der Waals surface area contributed by atoms with Gasteiger partial charge in [-0.15, -0.1) is 0 Å². The fourth-order valence-corrected chi connectivity index (χ4v) is 3.80. The fraction of sp³-hybridized carbons (Fsp3) is 0.185. The molecule has 158 valence electrons. The normalized spacial score (nSPS) is 12.4. The van der Waals surface area contributed by atoms with Crippen molar-refractivity contribution in [1.29, 1.82) is 10.5 Å².